The Labute approximate surface area is 186 Å². The smallest absolute Gasteiger partial charge is 0.147 e. The van der Waals surface area contributed by atoms with Crippen LogP contribution in [-0.4, -0.2) is 30.6 Å². The van der Waals surface area contributed by atoms with Crippen molar-refractivity contribution in [3.05, 3.63) is 83.4 Å². The van der Waals surface area contributed by atoms with Crippen LogP contribution in [0.15, 0.2) is 72.8 Å². The molecule has 2 atom stereocenters. The minimum atomic E-state index is -0.172. The summed E-state index contributed by atoms with van der Waals surface area (Å²) in [5.41, 5.74) is 8.31. The number of hydrogen-bond donors (Lipinski definition) is 3. The Bertz CT molecular complexity index is 1100. The number of nitrogens with zero attached hydrogens (tertiary/aromatic N) is 1. The maximum Gasteiger partial charge on any atom is 0.147 e. The minimum Gasteiger partial charge on any atom is -0.367 e. The molecule has 0 radical (unpaired) electrons. The molecule has 1 fully saturated rings. The lowest BCUT2D eigenvalue weighted by atomic mass is 10.0. The Kier molecular flexibility index (Phi) is 5.55. The summed E-state index contributed by atoms with van der Waals surface area (Å²) in [5, 5.41) is 13.9. The summed E-state index contributed by atoms with van der Waals surface area (Å²) in [6, 6.07) is 22.1. The van der Waals surface area contributed by atoms with Crippen LogP contribution in [0.1, 0.15) is 12.0 Å². The summed E-state index contributed by atoms with van der Waals surface area (Å²) < 4.78 is 6.30. The molecule has 0 aromatic heterocycles. The van der Waals surface area contributed by atoms with Gasteiger partial charge >= 0.3 is 0 Å². The molecule has 2 aliphatic heterocycles. The van der Waals surface area contributed by atoms with Crippen LogP contribution in [0.25, 0.3) is 17.2 Å². The number of ether oxygens (including phenoxy) is 1. The Morgan fingerprint density at radius 2 is 1.90 bits per heavy atom. The molecule has 0 spiro atoms. The molecule has 5 rings (SSSR count). The van der Waals surface area contributed by atoms with Gasteiger partial charge in [-0.15, -0.1) is 0 Å². The number of rotatable bonds is 5. The fourth-order valence-electron chi connectivity index (χ4n) is 4.25. The highest BCUT2D eigenvalue weighted by Gasteiger charge is 2.27. The van der Waals surface area contributed by atoms with Crippen molar-refractivity contribution in [1.29, 1.82) is 0 Å². The monoisotopic (exact) mass is 433 g/mol. The van der Waals surface area contributed by atoms with Crippen molar-refractivity contribution >= 4 is 34.7 Å². The lowest BCUT2D eigenvalue weighted by Crippen LogP contribution is -2.31. The SMILES string of the molecule is ONc1cc(-c2ccccc2)ccc1N1CC[C@H](OC2C=Cc3cc(Cl)ccc3N2)C1. The highest BCUT2D eigenvalue weighted by molar-refractivity contribution is 6.30. The molecule has 1 saturated heterocycles. The molecule has 3 aromatic carbocycles. The van der Waals surface area contributed by atoms with Crippen molar-refractivity contribution in [2.75, 3.05) is 28.8 Å². The van der Waals surface area contributed by atoms with Crippen LogP contribution in [0, 0.1) is 0 Å². The van der Waals surface area contributed by atoms with E-state index in [1.54, 1.807) is 0 Å². The normalized spacial score (nSPS) is 19.7. The highest BCUT2D eigenvalue weighted by atomic mass is 35.5. The van der Waals surface area contributed by atoms with E-state index in [2.05, 4.69) is 40.0 Å². The first-order chi connectivity index (χ1) is 15.2. The zero-order valence-corrected chi connectivity index (χ0v) is 17.7. The molecule has 158 valence electrons. The van der Waals surface area contributed by atoms with Crippen LogP contribution in [0.3, 0.4) is 0 Å². The number of halogens is 1. The average Bonchev–Trinajstić information content (AvgIpc) is 3.27. The van der Waals surface area contributed by atoms with E-state index in [0.717, 1.165) is 52.6 Å². The molecule has 3 aromatic rings. The zero-order chi connectivity index (χ0) is 21.2. The van der Waals surface area contributed by atoms with Crippen LogP contribution in [0.2, 0.25) is 5.02 Å². The standard InChI is InChI=1S/C25H24ClN3O2/c26-20-8-9-22-19(14-20)7-11-25(27-22)31-21-12-13-29(16-21)24-10-6-18(15-23(24)28-30)17-4-2-1-3-5-17/h1-11,14-15,21,25,27-28,30H,12-13,16H2/t21-,25?/m0/s1. The van der Waals surface area contributed by atoms with Gasteiger partial charge in [-0.2, -0.15) is 0 Å². The van der Waals surface area contributed by atoms with E-state index in [0.29, 0.717) is 5.69 Å². The average molecular weight is 434 g/mol. The van der Waals surface area contributed by atoms with Crippen molar-refractivity contribution in [3.63, 3.8) is 0 Å². The molecular weight excluding hydrogens is 410 g/mol. The van der Waals surface area contributed by atoms with E-state index < -0.39 is 0 Å². The number of nitrogens with one attached hydrogen (secondary N) is 2. The fourth-order valence-corrected chi connectivity index (χ4v) is 4.43. The van der Waals surface area contributed by atoms with Gasteiger partial charge in [-0.1, -0.05) is 54.1 Å². The first-order valence-electron chi connectivity index (χ1n) is 10.4. The second kappa shape index (κ2) is 8.63. The van der Waals surface area contributed by atoms with E-state index in [-0.39, 0.29) is 12.3 Å². The molecule has 3 N–H and O–H groups in total. The lowest BCUT2D eigenvalue weighted by Gasteiger charge is -2.26. The van der Waals surface area contributed by atoms with Crippen molar-refractivity contribution in [1.82, 2.24) is 0 Å². The van der Waals surface area contributed by atoms with E-state index in [4.69, 9.17) is 16.3 Å². The highest BCUT2D eigenvalue weighted by Crippen LogP contribution is 2.34. The summed E-state index contributed by atoms with van der Waals surface area (Å²) in [4.78, 5) is 2.25. The first kappa shape index (κ1) is 19.9. The van der Waals surface area contributed by atoms with Gasteiger partial charge in [0.2, 0.25) is 0 Å². The minimum absolute atomic E-state index is 0.0938. The molecule has 2 aliphatic rings. The van der Waals surface area contributed by atoms with Crippen molar-refractivity contribution < 1.29 is 9.94 Å². The third kappa shape index (κ3) is 4.26. The van der Waals surface area contributed by atoms with Crippen molar-refractivity contribution in [2.45, 2.75) is 18.8 Å². The molecule has 0 aliphatic carbocycles. The van der Waals surface area contributed by atoms with Gasteiger partial charge in [0.25, 0.3) is 0 Å². The molecule has 0 saturated carbocycles. The Hall–Kier alpha value is -2.99. The second-order valence-corrected chi connectivity index (χ2v) is 8.29. The Morgan fingerprint density at radius 3 is 2.74 bits per heavy atom. The number of benzene rings is 3. The predicted octanol–water partition coefficient (Wildman–Crippen LogP) is 5.87. The van der Waals surface area contributed by atoms with Gasteiger partial charge in [-0.3, -0.25) is 10.7 Å². The van der Waals surface area contributed by atoms with E-state index in [9.17, 15) is 5.21 Å². The molecule has 5 nitrogen and oxygen atoms in total. The second-order valence-electron chi connectivity index (χ2n) is 7.86. The third-order valence-electron chi connectivity index (χ3n) is 5.81. The molecule has 2 heterocycles. The van der Waals surface area contributed by atoms with E-state index >= 15 is 0 Å². The molecular formula is C25H24ClN3O2. The van der Waals surface area contributed by atoms with Gasteiger partial charge in [0.1, 0.15) is 6.23 Å². The fraction of sp³-hybridized carbons (Fsp3) is 0.200. The molecule has 0 bridgehead atoms. The van der Waals surface area contributed by atoms with Gasteiger partial charge in [0.15, 0.2) is 0 Å². The largest absolute Gasteiger partial charge is 0.367 e. The van der Waals surface area contributed by atoms with Crippen LogP contribution < -0.4 is 15.7 Å². The topological polar surface area (TPSA) is 56.8 Å². The van der Waals surface area contributed by atoms with Crippen LogP contribution in [0.4, 0.5) is 17.1 Å². The molecule has 1 unspecified atom stereocenters. The van der Waals surface area contributed by atoms with E-state index in [1.165, 1.54) is 0 Å². The van der Waals surface area contributed by atoms with Crippen molar-refractivity contribution in [3.8, 4) is 11.1 Å². The number of hydrogen-bond acceptors (Lipinski definition) is 5. The summed E-state index contributed by atoms with van der Waals surface area (Å²) >= 11 is 6.07. The Morgan fingerprint density at radius 1 is 1.03 bits per heavy atom. The summed E-state index contributed by atoms with van der Waals surface area (Å²) in [5.74, 6) is 0. The number of fused-ring (bicyclic) bond motifs is 1. The molecule has 0 amide bonds. The summed E-state index contributed by atoms with van der Waals surface area (Å²) in [6.07, 6.45) is 4.91. The predicted molar refractivity (Wildman–Crippen MR) is 127 cm³/mol. The Balaban J connectivity index is 1.26. The van der Waals surface area contributed by atoms with Gasteiger partial charge in [0.05, 0.1) is 17.5 Å². The van der Waals surface area contributed by atoms with Crippen molar-refractivity contribution in [2.24, 2.45) is 0 Å². The molecule has 31 heavy (non-hydrogen) atoms. The van der Waals surface area contributed by atoms with Gasteiger partial charge in [-0.05, 0) is 59.5 Å². The van der Waals surface area contributed by atoms with Gasteiger partial charge in [0, 0.05) is 23.8 Å². The van der Waals surface area contributed by atoms with Gasteiger partial charge < -0.3 is 15.0 Å². The van der Waals surface area contributed by atoms with Crippen LogP contribution in [-0.2, 0) is 4.74 Å². The van der Waals surface area contributed by atoms with Gasteiger partial charge in [-0.25, -0.2) is 0 Å². The number of anilines is 3. The summed E-state index contributed by atoms with van der Waals surface area (Å²) in [6.45, 7) is 1.63. The maximum atomic E-state index is 9.75. The van der Waals surface area contributed by atoms with Crippen LogP contribution in [0.5, 0.6) is 0 Å². The molecule has 6 heteroatoms. The summed E-state index contributed by atoms with van der Waals surface area (Å²) in [7, 11) is 0. The maximum absolute atomic E-state index is 9.75. The first-order valence-corrected chi connectivity index (χ1v) is 10.8. The van der Waals surface area contributed by atoms with E-state index in [1.807, 2.05) is 54.6 Å². The van der Waals surface area contributed by atoms with Crippen LogP contribution >= 0.6 is 11.6 Å². The lowest BCUT2D eigenvalue weighted by molar-refractivity contribution is 0.0413. The third-order valence-corrected chi connectivity index (χ3v) is 6.05. The zero-order valence-electron chi connectivity index (χ0n) is 17.0. The quantitative estimate of drug-likeness (QED) is 0.439.